The minimum absolute atomic E-state index is 0.0927. The van der Waals surface area contributed by atoms with Crippen LogP contribution in [0.5, 0.6) is 0 Å². The number of alkyl halides is 3. The summed E-state index contributed by atoms with van der Waals surface area (Å²) in [5.41, 5.74) is 8.81. The molecular formula is C22H21F3N4O. The summed E-state index contributed by atoms with van der Waals surface area (Å²) < 4.78 is 38.8. The van der Waals surface area contributed by atoms with E-state index in [2.05, 4.69) is 16.9 Å². The van der Waals surface area contributed by atoms with Crippen LogP contribution >= 0.6 is 0 Å². The molecule has 2 amide bonds. The van der Waals surface area contributed by atoms with Crippen LogP contribution in [0.15, 0.2) is 60.1 Å². The molecule has 8 heteroatoms. The molecule has 0 radical (unpaired) electrons. The maximum Gasteiger partial charge on any atom is 0.416 e. The monoisotopic (exact) mass is 414 g/mol. The standard InChI is InChI=1S/C22H21F3N4O/c1-3-14(8-9-27-2)15-5-7-19(26)20(11-15)28-21(30)29-12-16-4-6-18(22(23,24)25)10-17(16)13-29/h3-11H,1,12-13,26H2,2H3,(H,28,30)/b14-8+,27-9-. The van der Waals surface area contributed by atoms with Gasteiger partial charge in [0, 0.05) is 26.4 Å². The molecule has 5 nitrogen and oxygen atoms in total. The molecule has 1 aliphatic rings. The SMILES string of the molecule is C=C/C(=C\C=N/C)c1ccc(N)c(NC(=O)N2Cc3ccc(C(F)(F)F)cc3C2)c1. The molecule has 0 atom stereocenters. The number of carbonyl (C=O) groups excluding carboxylic acids is 1. The van der Waals surface area contributed by atoms with Gasteiger partial charge in [-0.1, -0.05) is 24.8 Å². The number of aliphatic imine (C=N–C) groups is 1. The van der Waals surface area contributed by atoms with Crippen LogP contribution in [-0.4, -0.2) is 24.2 Å². The van der Waals surface area contributed by atoms with Crippen molar-refractivity contribution in [3.8, 4) is 0 Å². The fraction of sp³-hybridized carbons (Fsp3) is 0.182. The molecule has 3 rings (SSSR count). The highest BCUT2D eigenvalue weighted by Crippen LogP contribution is 2.33. The summed E-state index contributed by atoms with van der Waals surface area (Å²) in [6, 6.07) is 8.28. The van der Waals surface area contributed by atoms with Crippen LogP contribution in [0.3, 0.4) is 0 Å². The highest BCUT2D eigenvalue weighted by atomic mass is 19.4. The van der Waals surface area contributed by atoms with Crippen LogP contribution in [0, 0.1) is 0 Å². The Balaban J connectivity index is 1.78. The van der Waals surface area contributed by atoms with Gasteiger partial charge in [-0.25, -0.2) is 4.79 Å². The van der Waals surface area contributed by atoms with E-state index in [0.717, 1.165) is 23.3 Å². The molecule has 30 heavy (non-hydrogen) atoms. The van der Waals surface area contributed by atoms with Gasteiger partial charge in [-0.3, -0.25) is 4.99 Å². The van der Waals surface area contributed by atoms with Crippen molar-refractivity contribution in [2.24, 2.45) is 4.99 Å². The van der Waals surface area contributed by atoms with Gasteiger partial charge in [-0.2, -0.15) is 13.2 Å². The molecular weight excluding hydrogens is 393 g/mol. The van der Waals surface area contributed by atoms with Gasteiger partial charge in [0.25, 0.3) is 0 Å². The smallest absolute Gasteiger partial charge is 0.397 e. The van der Waals surface area contributed by atoms with Crippen molar-refractivity contribution in [1.29, 1.82) is 0 Å². The Morgan fingerprint density at radius 3 is 2.60 bits per heavy atom. The Bertz CT molecular complexity index is 1040. The Kier molecular flexibility index (Phi) is 5.96. The minimum atomic E-state index is -4.42. The molecule has 0 saturated carbocycles. The number of nitrogens with two attached hydrogens (primary N) is 1. The fourth-order valence-electron chi connectivity index (χ4n) is 3.19. The van der Waals surface area contributed by atoms with E-state index in [1.807, 2.05) is 0 Å². The maximum absolute atomic E-state index is 12.9. The predicted molar refractivity (Wildman–Crippen MR) is 113 cm³/mol. The molecule has 0 saturated heterocycles. The Labute approximate surface area is 172 Å². The molecule has 2 aromatic carbocycles. The lowest BCUT2D eigenvalue weighted by Crippen LogP contribution is -2.30. The molecule has 0 aliphatic carbocycles. The number of urea groups is 1. The van der Waals surface area contributed by atoms with Crippen molar-refractivity contribution >= 4 is 29.2 Å². The van der Waals surface area contributed by atoms with Gasteiger partial charge >= 0.3 is 12.2 Å². The van der Waals surface area contributed by atoms with Crippen LogP contribution < -0.4 is 11.1 Å². The Hall–Kier alpha value is -3.55. The number of fused-ring (bicyclic) bond motifs is 1. The first-order valence-electron chi connectivity index (χ1n) is 9.12. The largest absolute Gasteiger partial charge is 0.416 e. The van der Waals surface area contributed by atoms with Gasteiger partial charge in [0.05, 0.1) is 16.9 Å². The molecule has 3 N–H and O–H groups in total. The quantitative estimate of drug-likeness (QED) is 0.415. The molecule has 0 aromatic heterocycles. The zero-order valence-electron chi connectivity index (χ0n) is 16.3. The number of hydrogen-bond acceptors (Lipinski definition) is 3. The molecule has 1 aliphatic heterocycles. The van der Waals surface area contributed by atoms with Crippen LogP contribution in [0.1, 0.15) is 22.3 Å². The number of rotatable bonds is 4. The number of amides is 2. The summed E-state index contributed by atoms with van der Waals surface area (Å²) in [5.74, 6) is 0. The third-order valence-corrected chi connectivity index (χ3v) is 4.79. The van der Waals surface area contributed by atoms with E-state index in [9.17, 15) is 18.0 Å². The predicted octanol–water partition coefficient (Wildman–Crippen LogP) is 5.11. The summed E-state index contributed by atoms with van der Waals surface area (Å²) in [4.78, 5) is 18.1. The number of nitrogens with zero attached hydrogens (tertiary/aromatic N) is 2. The van der Waals surface area contributed by atoms with E-state index >= 15 is 0 Å². The average Bonchev–Trinajstić information content (AvgIpc) is 3.13. The van der Waals surface area contributed by atoms with Gasteiger partial charge in [-0.05, 0) is 52.6 Å². The summed E-state index contributed by atoms with van der Waals surface area (Å²) in [5, 5.41) is 2.75. The van der Waals surface area contributed by atoms with E-state index in [0.29, 0.717) is 22.5 Å². The summed E-state index contributed by atoms with van der Waals surface area (Å²) in [6.07, 6.45) is 0.647. The first-order valence-corrected chi connectivity index (χ1v) is 9.12. The topological polar surface area (TPSA) is 70.7 Å². The number of anilines is 2. The first-order chi connectivity index (χ1) is 14.2. The van der Waals surface area contributed by atoms with Crippen LogP contribution in [-0.2, 0) is 19.3 Å². The van der Waals surface area contributed by atoms with E-state index in [1.54, 1.807) is 43.6 Å². The third-order valence-electron chi connectivity index (χ3n) is 4.79. The molecule has 0 unspecified atom stereocenters. The zero-order valence-corrected chi connectivity index (χ0v) is 16.3. The second-order valence-corrected chi connectivity index (χ2v) is 6.80. The summed E-state index contributed by atoms with van der Waals surface area (Å²) >= 11 is 0. The average molecular weight is 414 g/mol. The van der Waals surface area contributed by atoms with Gasteiger partial charge in [0.15, 0.2) is 0 Å². The number of carbonyl (C=O) groups is 1. The van der Waals surface area contributed by atoms with Crippen molar-refractivity contribution < 1.29 is 18.0 Å². The number of halogens is 3. The summed E-state index contributed by atoms with van der Waals surface area (Å²) in [7, 11) is 1.65. The number of hydrogen-bond donors (Lipinski definition) is 2. The lowest BCUT2D eigenvalue weighted by Gasteiger charge is -2.18. The maximum atomic E-state index is 12.9. The van der Waals surface area contributed by atoms with Gasteiger partial charge in [0.1, 0.15) is 0 Å². The highest BCUT2D eigenvalue weighted by molar-refractivity contribution is 5.95. The number of nitrogens with one attached hydrogen (secondary N) is 1. The lowest BCUT2D eigenvalue weighted by molar-refractivity contribution is -0.137. The third kappa shape index (κ3) is 4.53. The van der Waals surface area contributed by atoms with Gasteiger partial charge in [0.2, 0.25) is 0 Å². The minimum Gasteiger partial charge on any atom is -0.397 e. The van der Waals surface area contributed by atoms with Crippen molar-refractivity contribution in [2.75, 3.05) is 18.1 Å². The van der Waals surface area contributed by atoms with Crippen LogP contribution in [0.2, 0.25) is 0 Å². The molecule has 156 valence electrons. The fourth-order valence-corrected chi connectivity index (χ4v) is 3.19. The highest BCUT2D eigenvalue weighted by Gasteiger charge is 2.33. The lowest BCUT2D eigenvalue weighted by atomic mass is 10.0. The first kappa shape index (κ1) is 21.2. The molecule has 0 fully saturated rings. The number of benzene rings is 2. The van der Waals surface area contributed by atoms with Gasteiger partial charge < -0.3 is 16.0 Å². The van der Waals surface area contributed by atoms with Crippen LogP contribution in [0.4, 0.5) is 29.3 Å². The van der Waals surface area contributed by atoms with E-state index in [-0.39, 0.29) is 13.1 Å². The molecule has 2 aromatic rings. The zero-order chi connectivity index (χ0) is 21.9. The van der Waals surface area contributed by atoms with E-state index in [1.165, 1.54) is 11.0 Å². The van der Waals surface area contributed by atoms with Crippen molar-refractivity contribution in [2.45, 2.75) is 19.3 Å². The number of nitrogen functional groups attached to an aromatic ring is 1. The summed E-state index contributed by atoms with van der Waals surface area (Å²) in [6.45, 7) is 4.10. The van der Waals surface area contributed by atoms with Gasteiger partial charge in [-0.15, -0.1) is 0 Å². The Morgan fingerprint density at radius 1 is 1.20 bits per heavy atom. The van der Waals surface area contributed by atoms with Crippen molar-refractivity contribution in [1.82, 2.24) is 4.90 Å². The molecule has 0 spiro atoms. The number of allylic oxidation sites excluding steroid dienone is 3. The second kappa shape index (κ2) is 8.44. The van der Waals surface area contributed by atoms with E-state index in [4.69, 9.17) is 5.73 Å². The normalized spacial score (nSPS) is 14.1. The second-order valence-electron chi connectivity index (χ2n) is 6.80. The Morgan fingerprint density at radius 2 is 1.93 bits per heavy atom. The van der Waals surface area contributed by atoms with E-state index < -0.39 is 17.8 Å². The van der Waals surface area contributed by atoms with Crippen LogP contribution in [0.25, 0.3) is 5.57 Å². The van der Waals surface area contributed by atoms with Crippen molar-refractivity contribution in [3.63, 3.8) is 0 Å². The van der Waals surface area contributed by atoms with Crippen molar-refractivity contribution in [3.05, 3.63) is 77.4 Å². The molecule has 0 bridgehead atoms. The molecule has 1 heterocycles.